The number of rotatable bonds is 9. The third-order valence-corrected chi connectivity index (χ3v) is 3.54. The summed E-state index contributed by atoms with van der Waals surface area (Å²) in [6.45, 7) is 5.21. The van der Waals surface area contributed by atoms with Crippen molar-refractivity contribution in [1.82, 2.24) is 5.43 Å². The number of allylic oxidation sites excluding steroid dienone is 1. The zero-order chi connectivity index (χ0) is 19.5. The van der Waals surface area contributed by atoms with Crippen LogP contribution in [0.2, 0.25) is 0 Å². The summed E-state index contributed by atoms with van der Waals surface area (Å²) in [5, 5.41) is 6.70. The topological polar surface area (TPSA) is 79.8 Å². The number of anilines is 1. The molecule has 0 radical (unpaired) electrons. The first-order valence-corrected chi connectivity index (χ1v) is 8.57. The molecule has 2 aromatic carbocycles. The summed E-state index contributed by atoms with van der Waals surface area (Å²) in [5.41, 5.74) is 4.56. The lowest BCUT2D eigenvalue weighted by atomic mass is 10.1. The molecule has 27 heavy (non-hydrogen) atoms. The number of nitrogens with zero attached hydrogens (tertiary/aromatic N) is 1. The summed E-state index contributed by atoms with van der Waals surface area (Å²) in [5.74, 6) is 0.0352. The highest BCUT2D eigenvalue weighted by atomic mass is 16.5. The molecule has 0 atom stereocenters. The molecule has 0 saturated carbocycles. The summed E-state index contributed by atoms with van der Waals surface area (Å²) < 4.78 is 5.54. The van der Waals surface area contributed by atoms with Crippen molar-refractivity contribution < 1.29 is 14.3 Å². The number of hydrogen-bond donors (Lipinski definition) is 2. The van der Waals surface area contributed by atoms with Gasteiger partial charge in [-0.05, 0) is 37.1 Å². The third-order valence-electron chi connectivity index (χ3n) is 3.54. The number of benzene rings is 2. The first-order valence-electron chi connectivity index (χ1n) is 8.57. The van der Waals surface area contributed by atoms with E-state index in [0.29, 0.717) is 23.6 Å². The van der Waals surface area contributed by atoms with E-state index in [1.165, 1.54) is 0 Å². The fourth-order valence-electron chi connectivity index (χ4n) is 2.30. The Balaban J connectivity index is 1.78. The highest BCUT2D eigenvalue weighted by molar-refractivity contribution is 6.05. The Morgan fingerprint density at radius 2 is 1.78 bits per heavy atom. The Kier molecular flexibility index (Phi) is 7.78. The summed E-state index contributed by atoms with van der Waals surface area (Å²) in [6.07, 6.45) is 2.51. The van der Waals surface area contributed by atoms with Crippen LogP contribution in [0.5, 0.6) is 5.75 Å². The van der Waals surface area contributed by atoms with Crippen LogP contribution in [0, 0.1) is 0 Å². The van der Waals surface area contributed by atoms with E-state index in [2.05, 4.69) is 22.4 Å². The largest absolute Gasteiger partial charge is 0.483 e. The predicted octanol–water partition coefficient (Wildman–Crippen LogP) is 3.31. The van der Waals surface area contributed by atoms with Crippen LogP contribution in [0.4, 0.5) is 5.69 Å². The second kappa shape index (κ2) is 10.6. The molecule has 2 amide bonds. The van der Waals surface area contributed by atoms with Gasteiger partial charge in [0.1, 0.15) is 5.75 Å². The Labute approximate surface area is 158 Å². The quantitative estimate of drug-likeness (QED) is 0.406. The van der Waals surface area contributed by atoms with Gasteiger partial charge in [-0.25, -0.2) is 5.43 Å². The minimum absolute atomic E-state index is 0.0815. The Bertz CT molecular complexity index is 816. The molecule has 2 N–H and O–H groups in total. The lowest BCUT2D eigenvalue weighted by Crippen LogP contribution is -2.26. The number of hydrogen-bond acceptors (Lipinski definition) is 4. The molecule has 0 spiro atoms. The van der Waals surface area contributed by atoms with Gasteiger partial charge in [0.05, 0.1) is 6.42 Å². The van der Waals surface area contributed by atoms with Crippen LogP contribution in [0.25, 0.3) is 0 Å². The van der Waals surface area contributed by atoms with Crippen molar-refractivity contribution >= 4 is 23.2 Å². The predicted molar refractivity (Wildman–Crippen MR) is 107 cm³/mol. The van der Waals surface area contributed by atoms with Gasteiger partial charge in [-0.15, -0.1) is 6.58 Å². The van der Waals surface area contributed by atoms with Crippen LogP contribution in [0.3, 0.4) is 0 Å². The van der Waals surface area contributed by atoms with E-state index in [-0.39, 0.29) is 18.9 Å². The maximum absolute atomic E-state index is 11.9. The maximum Gasteiger partial charge on any atom is 0.277 e. The molecule has 6 nitrogen and oxygen atoms in total. The van der Waals surface area contributed by atoms with E-state index in [1.54, 1.807) is 31.2 Å². The molecule has 0 aliphatic carbocycles. The van der Waals surface area contributed by atoms with Gasteiger partial charge in [0.25, 0.3) is 5.91 Å². The Morgan fingerprint density at radius 1 is 1.07 bits per heavy atom. The minimum atomic E-state index is -0.397. The van der Waals surface area contributed by atoms with Crippen molar-refractivity contribution in [3.05, 3.63) is 72.8 Å². The van der Waals surface area contributed by atoms with Crippen molar-refractivity contribution in [2.45, 2.75) is 19.8 Å². The highest BCUT2D eigenvalue weighted by Gasteiger charge is 2.07. The molecule has 0 bridgehead atoms. The molecule has 2 aromatic rings. The Morgan fingerprint density at radius 3 is 2.52 bits per heavy atom. The van der Waals surface area contributed by atoms with Gasteiger partial charge in [0.15, 0.2) is 6.61 Å². The van der Waals surface area contributed by atoms with Crippen LogP contribution in [0.15, 0.2) is 72.4 Å². The average Bonchev–Trinajstić information content (AvgIpc) is 2.66. The fourth-order valence-corrected chi connectivity index (χ4v) is 2.30. The number of amides is 2. The van der Waals surface area contributed by atoms with Gasteiger partial charge in [0.2, 0.25) is 5.91 Å². The zero-order valence-corrected chi connectivity index (χ0v) is 15.3. The van der Waals surface area contributed by atoms with Crippen molar-refractivity contribution in [3.63, 3.8) is 0 Å². The summed E-state index contributed by atoms with van der Waals surface area (Å²) in [4.78, 5) is 23.8. The van der Waals surface area contributed by atoms with Gasteiger partial charge in [-0.1, -0.05) is 42.5 Å². The van der Waals surface area contributed by atoms with Crippen molar-refractivity contribution in [2.75, 3.05) is 11.9 Å². The fraction of sp³-hybridized carbons (Fsp3) is 0.190. The van der Waals surface area contributed by atoms with Crippen LogP contribution in [0.1, 0.15) is 18.9 Å². The molecule has 0 fully saturated rings. The summed E-state index contributed by atoms with van der Waals surface area (Å²) in [6, 6.07) is 16.6. The van der Waals surface area contributed by atoms with E-state index in [0.717, 1.165) is 5.56 Å². The molecule has 6 heteroatoms. The van der Waals surface area contributed by atoms with E-state index in [9.17, 15) is 9.59 Å². The second-order valence-corrected chi connectivity index (χ2v) is 5.86. The highest BCUT2D eigenvalue weighted by Crippen LogP contribution is 2.18. The smallest absolute Gasteiger partial charge is 0.277 e. The first-order chi connectivity index (χ1) is 13.1. The number of hydrazone groups is 1. The van der Waals surface area contributed by atoms with E-state index < -0.39 is 5.91 Å². The molecule has 2 rings (SSSR count). The van der Waals surface area contributed by atoms with E-state index in [4.69, 9.17) is 4.74 Å². The number of nitrogens with one attached hydrogen (secondary N) is 2. The molecule has 0 saturated heterocycles. The standard InChI is InChI=1S/C21H23N3O3/c1-3-9-17-10-7-8-13-19(17)27-15-21(26)24-23-16(2)14-20(25)22-18-11-5-4-6-12-18/h3-8,10-13H,1,9,14-15H2,2H3,(H,22,25)(H,24,26). The number of carbonyl (C=O) groups is 2. The molecule has 140 valence electrons. The van der Waals surface area contributed by atoms with Gasteiger partial charge in [-0.2, -0.15) is 5.10 Å². The molecule has 0 aromatic heterocycles. The maximum atomic E-state index is 11.9. The Hall–Kier alpha value is -3.41. The monoisotopic (exact) mass is 365 g/mol. The molecule has 0 unspecified atom stereocenters. The van der Waals surface area contributed by atoms with Crippen LogP contribution in [-0.2, 0) is 16.0 Å². The van der Waals surface area contributed by atoms with Gasteiger partial charge >= 0.3 is 0 Å². The lowest BCUT2D eigenvalue weighted by Gasteiger charge is -2.09. The lowest BCUT2D eigenvalue weighted by molar-refractivity contribution is -0.123. The molecule has 0 aliphatic rings. The second-order valence-electron chi connectivity index (χ2n) is 5.86. The van der Waals surface area contributed by atoms with E-state index in [1.807, 2.05) is 36.4 Å². The zero-order valence-electron chi connectivity index (χ0n) is 15.3. The first kappa shape index (κ1) is 19.9. The minimum Gasteiger partial charge on any atom is -0.483 e. The number of ether oxygens (including phenoxy) is 1. The summed E-state index contributed by atoms with van der Waals surface area (Å²) >= 11 is 0. The molecule has 0 aliphatic heterocycles. The van der Waals surface area contributed by atoms with Crippen molar-refractivity contribution in [2.24, 2.45) is 5.10 Å². The van der Waals surface area contributed by atoms with Gasteiger partial charge < -0.3 is 10.1 Å². The normalized spacial score (nSPS) is 10.8. The van der Waals surface area contributed by atoms with Gasteiger partial charge in [-0.3, -0.25) is 9.59 Å². The summed E-state index contributed by atoms with van der Waals surface area (Å²) in [7, 11) is 0. The molecule has 0 heterocycles. The van der Waals surface area contributed by atoms with Crippen LogP contribution in [-0.4, -0.2) is 24.1 Å². The third kappa shape index (κ3) is 7.15. The molecular weight excluding hydrogens is 342 g/mol. The number of para-hydroxylation sites is 2. The van der Waals surface area contributed by atoms with Gasteiger partial charge in [0, 0.05) is 11.4 Å². The van der Waals surface area contributed by atoms with Crippen LogP contribution < -0.4 is 15.5 Å². The van der Waals surface area contributed by atoms with Crippen LogP contribution >= 0.6 is 0 Å². The SMILES string of the molecule is C=CCc1ccccc1OCC(=O)NN=C(C)CC(=O)Nc1ccccc1. The van der Waals surface area contributed by atoms with Crippen molar-refractivity contribution in [1.29, 1.82) is 0 Å². The number of carbonyl (C=O) groups excluding carboxylic acids is 2. The molecular formula is C21H23N3O3. The van der Waals surface area contributed by atoms with E-state index >= 15 is 0 Å². The average molecular weight is 365 g/mol. The van der Waals surface area contributed by atoms with Crippen molar-refractivity contribution in [3.8, 4) is 5.75 Å².